The molecule has 0 aromatic carbocycles. The highest BCUT2D eigenvalue weighted by molar-refractivity contribution is 7.05. The summed E-state index contributed by atoms with van der Waals surface area (Å²) in [7, 11) is 3.89. The number of aryl methyl sites for hydroxylation is 2. The van der Waals surface area contributed by atoms with E-state index in [9.17, 15) is 0 Å². The molecule has 1 N–H and O–H groups in total. The van der Waals surface area contributed by atoms with Gasteiger partial charge in [-0.2, -0.15) is 5.10 Å². The summed E-state index contributed by atoms with van der Waals surface area (Å²) in [6.07, 6.45) is 2.71. The molecule has 0 aliphatic rings. The standard InChI is InChI=1S/C10H15N5S/c1-4-7-10(16-14-13-7)9(11-2)8-5-6-12-15(8)3/h5-6,9,11H,4H2,1-3H3. The summed E-state index contributed by atoms with van der Waals surface area (Å²) in [5.74, 6) is 0. The van der Waals surface area contributed by atoms with E-state index in [4.69, 9.17) is 0 Å². The van der Waals surface area contributed by atoms with Gasteiger partial charge in [-0.15, -0.1) is 5.10 Å². The summed E-state index contributed by atoms with van der Waals surface area (Å²) in [5, 5.41) is 11.6. The first-order valence-electron chi connectivity index (χ1n) is 5.24. The Labute approximate surface area is 98.7 Å². The van der Waals surface area contributed by atoms with Crippen molar-refractivity contribution < 1.29 is 0 Å². The molecule has 86 valence electrons. The van der Waals surface area contributed by atoms with Gasteiger partial charge < -0.3 is 5.32 Å². The number of nitrogens with one attached hydrogen (secondary N) is 1. The van der Waals surface area contributed by atoms with E-state index >= 15 is 0 Å². The molecule has 0 amide bonds. The number of hydrogen-bond donors (Lipinski definition) is 1. The minimum atomic E-state index is 0.127. The molecule has 0 saturated heterocycles. The van der Waals surface area contributed by atoms with Crippen molar-refractivity contribution in [3.8, 4) is 0 Å². The summed E-state index contributed by atoms with van der Waals surface area (Å²) >= 11 is 1.45. The molecule has 0 fully saturated rings. The summed E-state index contributed by atoms with van der Waals surface area (Å²) in [6.45, 7) is 2.09. The number of aromatic nitrogens is 4. The molecule has 1 atom stereocenters. The van der Waals surface area contributed by atoms with Crippen LogP contribution in [0.4, 0.5) is 0 Å². The maximum atomic E-state index is 4.19. The average molecular weight is 237 g/mol. The highest BCUT2D eigenvalue weighted by atomic mass is 32.1. The Bertz CT molecular complexity index is 461. The lowest BCUT2D eigenvalue weighted by molar-refractivity contribution is 0.608. The number of nitrogens with zero attached hydrogens (tertiary/aromatic N) is 4. The normalized spacial score (nSPS) is 12.9. The van der Waals surface area contributed by atoms with Gasteiger partial charge in [-0.1, -0.05) is 11.4 Å². The maximum absolute atomic E-state index is 4.19. The van der Waals surface area contributed by atoms with Crippen molar-refractivity contribution in [1.82, 2.24) is 24.7 Å². The van der Waals surface area contributed by atoms with E-state index in [2.05, 4.69) is 26.9 Å². The first-order valence-corrected chi connectivity index (χ1v) is 6.01. The molecule has 0 aliphatic heterocycles. The predicted molar refractivity (Wildman–Crippen MR) is 63.4 cm³/mol. The van der Waals surface area contributed by atoms with Crippen LogP contribution in [0.5, 0.6) is 0 Å². The molecule has 2 heterocycles. The highest BCUT2D eigenvalue weighted by Gasteiger charge is 2.21. The minimum absolute atomic E-state index is 0.127. The molecule has 1 unspecified atom stereocenters. The van der Waals surface area contributed by atoms with E-state index < -0.39 is 0 Å². The second-order valence-electron chi connectivity index (χ2n) is 3.54. The van der Waals surface area contributed by atoms with Crippen LogP contribution in [0.25, 0.3) is 0 Å². The zero-order chi connectivity index (χ0) is 11.5. The van der Waals surface area contributed by atoms with Crippen LogP contribution in [0.15, 0.2) is 12.3 Å². The largest absolute Gasteiger partial charge is 0.307 e. The topological polar surface area (TPSA) is 55.6 Å². The van der Waals surface area contributed by atoms with E-state index in [-0.39, 0.29) is 6.04 Å². The summed E-state index contributed by atoms with van der Waals surface area (Å²) in [5.41, 5.74) is 2.19. The van der Waals surface area contributed by atoms with Crippen molar-refractivity contribution in [2.75, 3.05) is 7.05 Å². The Morgan fingerprint density at radius 3 is 2.94 bits per heavy atom. The maximum Gasteiger partial charge on any atom is 0.0874 e. The summed E-state index contributed by atoms with van der Waals surface area (Å²) in [6, 6.07) is 2.14. The molecule has 0 aliphatic carbocycles. The second kappa shape index (κ2) is 4.71. The van der Waals surface area contributed by atoms with Gasteiger partial charge in [0, 0.05) is 13.2 Å². The third-order valence-electron chi connectivity index (χ3n) is 2.63. The van der Waals surface area contributed by atoms with Crippen LogP contribution in [0, 0.1) is 0 Å². The number of rotatable bonds is 4. The Morgan fingerprint density at radius 2 is 2.38 bits per heavy atom. The predicted octanol–water partition coefficient (Wildman–Crippen LogP) is 1.14. The molecule has 0 spiro atoms. The van der Waals surface area contributed by atoms with Gasteiger partial charge in [0.15, 0.2) is 0 Å². The quantitative estimate of drug-likeness (QED) is 0.866. The van der Waals surface area contributed by atoms with E-state index in [1.54, 1.807) is 6.20 Å². The van der Waals surface area contributed by atoms with E-state index in [1.807, 2.05) is 24.8 Å². The zero-order valence-electron chi connectivity index (χ0n) is 9.64. The minimum Gasteiger partial charge on any atom is -0.307 e. The lowest BCUT2D eigenvalue weighted by Gasteiger charge is -2.15. The van der Waals surface area contributed by atoms with Crippen LogP contribution < -0.4 is 5.32 Å². The van der Waals surface area contributed by atoms with Crippen molar-refractivity contribution in [2.24, 2.45) is 7.05 Å². The van der Waals surface area contributed by atoms with Crippen molar-refractivity contribution in [3.63, 3.8) is 0 Å². The first-order chi connectivity index (χ1) is 7.77. The molecule has 5 nitrogen and oxygen atoms in total. The molecule has 6 heteroatoms. The molecule has 2 aromatic rings. The Hall–Kier alpha value is -1.27. The second-order valence-corrected chi connectivity index (χ2v) is 4.32. The van der Waals surface area contributed by atoms with Crippen LogP contribution in [0.2, 0.25) is 0 Å². The monoisotopic (exact) mass is 237 g/mol. The molecule has 2 aromatic heterocycles. The number of hydrogen-bond acceptors (Lipinski definition) is 5. The van der Waals surface area contributed by atoms with E-state index in [0.29, 0.717) is 0 Å². The van der Waals surface area contributed by atoms with Gasteiger partial charge in [-0.05, 0) is 31.1 Å². The van der Waals surface area contributed by atoms with E-state index in [1.165, 1.54) is 16.4 Å². The molecule has 0 radical (unpaired) electrons. The molecule has 0 bridgehead atoms. The van der Waals surface area contributed by atoms with Crippen molar-refractivity contribution >= 4 is 11.5 Å². The molecule has 0 saturated carbocycles. The highest BCUT2D eigenvalue weighted by Crippen LogP contribution is 2.26. The molecule has 2 rings (SSSR count). The van der Waals surface area contributed by atoms with Crippen molar-refractivity contribution in [2.45, 2.75) is 19.4 Å². The fourth-order valence-corrected chi connectivity index (χ4v) is 2.62. The van der Waals surface area contributed by atoms with Gasteiger partial charge in [-0.3, -0.25) is 4.68 Å². The van der Waals surface area contributed by atoms with Crippen LogP contribution in [-0.4, -0.2) is 26.4 Å². The zero-order valence-corrected chi connectivity index (χ0v) is 10.5. The van der Waals surface area contributed by atoms with Crippen molar-refractivity contribution in [3.05, 3.63) is 28.5 Å². The van der Waals surface area contributed by atoms with Crippen LogP contribution in [0.3, 0.4) is 0 Å². The fraction of sp³-hybridized carbons (Fsp3) is 0.500. The van der Waals surface area contributed by atoms with Gasteiger partial charge in [0.2, 0.25) is 0 Å². The lowest BCUT2D eigenvalue weighted by Crippen LogP contribution is -2.20. The smallest absolute Gasteiger partial charge is 0.0874 e. The molecular weight excluding hydrogens is 222 g/mol. The summed E-state index contributed by atoms with van der Waals surface area (Å²) < 4.78 is 5.90. The van der Waals surface area contributed by atoms with E-state index in [0.717, 1.165) is 17.8 Å². The van der Waals surface area contributed by atoms with Gasteiger partial charge in [0.1, 0.15) is 0 Å². The molecule has 16 heavy (non-hydrogen) atoms. The van der Waals surface area contributed by atoms with Crippen molar-refractivity contribution in [1.29, 1.82) is 0 Å². The van der Waals surface area contributed by atoms with Gasteiger partial charge >= 0.3 is 0 Å². The summed E-state index contributed by atoms with van der Waals surface area (Å²) in [4.78, 5) is 1.17. The van der Waals surface area contributed by atoms with Crippen LogP contribution in [-0.2, 0) is 13.5 Å². The third kappa shape index (κ3) is 1.85. The first kappa shape index (κ1) is 11.2. The average Bonchev–Trinajstić information content (AvgIpc) is 2.90. The Morgan fingerprint density at radius 1 is 1.56 bits per heavy atom. The SMILES string of the molecule is CCc1nnsc1C(NC)c1ccnn1C. The molecular formula is C10H15N5S. The Kier molecular flexibility index (Phi) is 3.31. The Balaban J connectivity index is 2.40. The third-order valence-corrected chi connectivity index (χ3v) is 3.46. The fourth-order valence-electron chi connectivity index (χ4n) is 1.76. The van der Waals surface area contributed by atoms with Crippen LogP contribution in [0.1, 0.15) is 29.2 Å². The lowest BCUT2D eigenvalue weighted by atomic mass is 10.1. The van der Waals surface area contributed by atoms with Gasteiger partial charge in [-0.25, -0.2) is 0 Å². The van der Waals surface area contributed by atoms with Gasteiger partial charge in [0.05, 0.1) is 22.3 Å². The van der Waals surface area contributed by atoms with Gasteiger partial charge in [0.25, 0.3) is 0 Å². The van der Waals surface area contributed by atoms with Crippen LogP contribution >= 0.6 is 11.5 Å².